The van der Waals surface area contributed by atoms with E-state index in [1.54, 1.807) is 0 Å². The molecule has 1 amide bonds. The molecule has 18 heavy (non-hydrogen) atoms. The Balaban J connectivity index is 2.43. The lowest BCUT2D eigenvalue weighted by atomic mass is 10.1. The van der Waals surface area contributed by atoms with Crippen LogP contribution in [0.1, 0.15) is 24.5 Å². The van der Waals surface area contributed by atoms with Crippen LogP contribution < -0.4 is 5.32 Å². The van der Waals surface area contributed by atoms with Crippen molar-refractivity contribution in [1.82, 2.24) is 5.32 Å². The van der Waals surface area contributed by atoms with Crippen molar-refractivity contribution in [2.24, 2.45) is 0 Å². The Morgan fingerprint density at radius 1 is 1.17 bits per heavy atom. The molecule has 0 aromatic heterocycles. The van der Waals surface area contributed by atoms with Crippen LogP contribution in [0.2, 0.25) is 0 Å². The van der Waals surface area contributed by atoms with Gasteiger partial charge < -0.3 is 10.4 Å². The minimum absolute atomic E-state index is 0.398. The molecule has 0 saturated carbocycles. The molecular weight excluding hydrogens is 230 g/mol. The molecule has 0 heterocycles. The lowest BCUT2D eigenvalue weighted by molar-refractivity contribution is -0.131. The van der Waals surface area contributed by atoms with E-state index in [2.05, 4.69) is 12.2 Å². The molecule has 0 spiro atoms. The third kappa shape index (κ3) is 5.30. The van der Waals surface area contributed by atoms with E-state index in [1.165, 1.54) is 5.56 Å². The predicted octanol–water partition coefficient (Wildman–Crippen LogP) is 1.90. The molecule has 0 unspecified atom stereocenters. The van der Waals surface area contributed by atoms with Gasteiger partial charge in [-0.05, 0) is 17.5 Å². The van der Waals surface area contributed by atoms with Crippen LogP contribution in [0.25, 0.3) is 0 Å². The molecule has 0 radical (unpaired) electrons. The number of carboxylic acids is 1. The van der Waals surface area contributed by atoms with E-state index < -0.39 is 11.9 Å². The SMILES string of the molecule is CCCc1ccc(CNC(=O)/C=C/C(=O)O)cc1. The molecule has 4 nitrogen and oxygen atoms in total. The molecular formula is C14H17NO3. The molecule has 0 bridgehead atoms. The summed E-state index contributed by atoms with van der Waals surface area (Å²) >= 11 is 0. The molecule has 4 heteroatoms. The Kier molecular flexibility index (Phi) is 5.64. The summed E-state index contributed by atoms with van der Waals surface area (Å²) in [6.07, 6.45) is 3.98. The van der Waals surface area contributed by atoms with Gasteiger partial charge in [-0.1, -0.05) is 37.6 Å². The standard InChI is InChI=1S/C14H17NO3/c1-2-3-11-4-6-12(7-5-11)10-15-13(16)8-9-14(17)18/h4-9H,2-3,10H2,1H3,(H,15,16)(H,17,18)/b9-8+. The van der Waals surface area contributed by atoms with E-state index in [1.807, 2.05) is 24.3 Å². The Labute approximate surface area is 106 Å². The smallest absolute Gasteiger partial charge is 0.328 e. The largest absolute Gasteiger partial charge is 0.478 e. The second-order valence-electron chi connectivity index (χ2n) is 3.96. The van der Waals surface area contributed by atoms with Crippen molar-refractivity contribution in [1.29, 1.82) is 0 Å². The number of benzene rings is 1. The number of carbonyl (C=O) groups is 2. The molecule has 0 aliphatic rings. The second-order valence-corrected chi connectivity index (χ2v) is 3.96. The van der Waals surface area contributed by atoms with E-state index in [0.717, 1.165) is 30.6 Å². The molecule has 0 aliphatic heterocycles. The zero-order valence-corrected chi connectivity index (χ0v) is 10.3. The lowest BCUT2D eigenvalue weighted by Gasteiger charge is -2.04. The average molecular weight is 247 g/mol. The first-order chi connectivity index (χ1) is 8.61. The minimum Gasteiger partial charge on any atom is -0.478 e. The molecule has 0 saturated heterocycles. The molecule has 0 atom stereocenters. The number of carboxylic acid groups (broad SMARTS) is 1. The van der Waals surface area contributed by atoms with Gasteiger partial charge in [0.15, 0.2) is 0 Å². The molecule has 1 aromatic carbocycles. The van der Waals surface area contributed by atoms with Gasteiger partial charge in [-0.15, -0.1) is 0 Å². The van der Waals surface area contributed by atoms with E-state index >= 15 is 0 Å². The van der Waals surface area contributed by atoms with Crippen LogP contribution in [-0.4, -0.2) is 17.0 Å². The van der Waals surface area contributed by atoms with E-state index in [4.69, 9.17) is 5.11 Å². The van der Waals surface area contributed by atoms with Crippen molar-refractivity contribution in [3.05, 3.63) is 47.5 Å². The van der Waals surface area contributed by atoms with E-state index in [-0.39, 0.29) is 0 Å². The second kappa shape index (κ2) is 7.27. The Morgan fingerprint density at radius 3 is 2.33 bits per heavy atom. The van der Waals surface area contributed by atoms with E-state index in [9.17, 15) is 9.59 Å². The highest BCUT2D eigenvalue weighted by molar-refractivity contribution is 5.93. The number of aryl methyl sites for hydroxylation is 1. The number of rotatable bonds is 6. The lowest BCUT2D eigenvalue weighted by Crippen LogP contribution is -2.20. The average Bonchev–Trinajstić information content (AvgIpc) is 2.36. The van der Waals surface area contributed by atoms with Gasteiger partial charge in [0.05, 0.1) is 0 Å². The highest BCUT2D eigenvalue weighted by atomic mass is 16.4. The quantitative estimate of drug-likeness (QED) is 0.754. The summed E-state index contributed by atoms with van der Waals surface area (Å²) < 4.78 is 0. The number of aliphatic carboxylic acids is 1. The normalized spacial score (nSPS) is 10.5. The topological polar surface area (TPSA) is 66.4 Å². The fourth-order valence-electron chi connectivity index (χ4n) is 1.51. The molecule has 1 rings (SSSR count). The number of nitrogens with one attached hydrogen (secondary N) is 1. The van der Waals surface area contributed by atoms with Crippen molar-refractivity contribution < 1.29 is 14.7 Å². The molecule has 0 aliphatic carbocycles. The van der Waals surface area contributed by atoms with Gasteiger partial charge in [0.2, 0.25) is 5.91 Å². The number of hydrogen-bond donors (Lipinski definition) is 2. The first-order valence-electron chi connectivity index (χ1n) is 5.88. The van der Waals surface area contributed by atoms with Crippen molar-refractivity contribution in [2.75, 3.05) is 0 Å². The van der Waals surface area contributed by atoms with Crippen LogP contribution in [0.4, 0.5) is 0 Å². The molecule has 96 valence electrons. The maximum atomic E-state index is 11.2. The van der Waals surface area contributed by atoms with Crippen LogP contribution in [0, 0.1) is 0 Å². The van der Waals surface area contributed by atoms with Crippen molar-refractivity contribution in [2.45, 2.75) is 26.3 Å². The fraction of sp³-hybridized carbons (Fsp3) is 0.286. The number of hydrogen-bond acceptors (Lipinski definition) is 2. The first kappa shape index (κ1) is 14.0. The molecule has 1 aromatic rings. The van der Waals surface area contributed by atoms with Gasteiger partial charge in [-0.25, -0.2) is 4.79 Å². The van der Waals surface area contributed by atoms with Gasteiger partial charge in [0.25, 0.3) is 0 Å². The van der Waals surface area contributed by atoms with Crippen molar-refractivity contribution >= 4 is 11.9 Å². The summed E-state index contributed by atoms with van der Waals surface area (Å²) in [5, 5.41) is 11.0. The van der Waals surface area contributed by atoms with Crippen LogP contribution in [0.3, 0.4) is 0 Å². The first-order valence-corrected chi connectivity index (χ1v) is 5.88. The maximum absolute atomic E-state index is 11.2. The fourth-order valence-corrected chi connectivity index (χ4v) is 1.51. The van der Waals surface area contributed by atoms with Crippen molar-refractivity contribution in [3.8, 4) is 0 Å². The third-order valence-electron chi connectivity index (χ3n) is 2.41. The Bertz CT molecular complexity index is 435. The van der Waals surface area contributed by atoms with Gasteiger partial charge in [0.1, 0.15) is 0 Å². The third-order valence-corrected chi connectivity index (χ3v) is 2.41. The van der Waals surface area contributed by atoms with E-state index in [0.29, 0.717) is 6.54 Å². The van der Waals surface area contributed by atoms with Crippen LogP contribution in [0.15, 0.2) is 36.4 Å². The Morgan fingerprint density at radius 2 is 1.78 bits per heavy atom. The summed E-state index contributed by atoms with van der Waals surface area (Å²) in [6, 6.07) is 8.01. The van der Waals surface area contributed by atoms with Gasteiger partial charge in [-0.3, -0.25) is 4.79 Å². The van der Waals surface area contributed by atoms with Gasteiger partial charge in [0, 0.05) is 18.7 Å². The summed E-state index contributed by atoms with van der Waals surface area (Å²) in [4.78, 5) is 21.4. The maximum Gasteiger partial charge on any atom is 0.328 e. The zero-order chi connectivity index (χ0) is 13.4. The highest BCUT2D eigenvalue weighted by Gasteiger charge is 1.98. The van der Waals surface area contributed by atoms with Gasteiger partial charge in [-0.2, -0.15) is 0 Å². The number of carbonyl (C=O) groups excluding carboxylic acids is 1. The summed E-state index contributed by atoms with van der Waals surface area (Å²) in [7, 11) is 0. The Hall–Kier alpha value is -2.10. The summed E-state index contributed by atoms with van der Waals surface area (Å²) in [5.41, 5.74) is 2.27. The van der Waals surface area contributed by atoms with Crippen LogP contribution >= 0.6 is 0 Å². The van der Waals surface area contributed by atoms with Crippen molar-refractivity contribution in [3.63, 3.8) is 0 Å². The monoisotopic (exact) mass is 247 g/mol. The minimum atomic E-state index is -1.13. The molecule has 2 N–H and O–H groups in total. The zero-order valence-electron chi connectivity index (χ0n) is 10.3. The van der Waals surface area contributed by atoms with Crippen LogP contribution in [-0.2, 0) is 22.6 Å². The van der Waals surface area contributed by atoms with Gasteiger partial charge >= 0.3 is 5.97 Å². The summed E-state index contributed by atoms with van der Waals surface area (Å²) in [5.74, 6) is -1.54. The number of amides is 1. The predicted molar refractivity (Wildman–Crippen MR) is 69.1 cm³/mol. The van der Waals surface area contributed by atoms with Crippen LogP contribution in [0.5, 0.6) is 0 Å². The highest BCUT2D eigenvalue weighted by Crippen LogP contribution is 2.06. The summed E-state index contributed by atoms with van der Waals surface area (Å²) in [6.45, 7) is 2.53. The molecule has 0 fully saturated rings.